The SMILES string of the molecule is O=C(c1cccc(OC(F)F)c1)N1C[C@@H]2CC[C@@H](Nc3cnccn3)[C@@H]2C1. The largest absolute Gasteiger partial charge is 0.435 e. The van der Waals surface area contributed by atoms with Crippen molar-refractivity contribution in [2.24, 2.45) is 11.8 Å². The lowest BCUT2D eigenvalue weighted by Gasteiger charge is -2.22. The predicted molar refractivity (Wildman–Crippen MR) is 94.6 cm³/mol. The lowest BCUT2D eigenvalue weighted by molar-refractivity contribution is -0.0499. The normalized spacial score (nSPS) is 24.1. The molecule has 6 nitrogen and oxygen atoms in total. The van der Waals surface area contributed by atoms with Crippen molar-refractivity contribution in [2.45, 2.75) is 25.5 Å². The minimum Gasteiger partial charge on any atom is -0.435 e. The Labute approximate surface area is 155 Å². The molecule has 0 unspecified atom stereocenters. The van der Waals surface area contributed by atoms with Gasteiger partial charge in [0, 0.05) is 43.0 Å². The number of ether oxygens (including phenoxy) is 1. The molecule has 0 bridgehead atoms. The van der Waals surface area contributed by atoms with Crippen LogP contribution in [0.1, 0.15) is 23.2 Å². The predicted octanol–water partition coefficient (Wildman–Crippen LogP) is 3.04. The number of nitrogens with one attached hydrogen (secondary N) is 1. The zero-order valence-corrected chi connectivity index (χ0v) is 14.6. The lowest BCUT2D eigenvalue weighted by Crippen LogP contribution is -2.33. The molecule has 27 heavy (non-hydrogen) atoms. The van der Waals surface area contributed by atoms with Crippen LogP contribution in [0.25, 0.3) is 0 Å². The molecule has 8 heteroatoms. The molecule has 1 aromatic carbocycles. The second-order valence-electron chi connectivity index (χ2n) is 6.96. The molecule has 1 saturated carbocycles. The lowest BCUT2D eigenvalue weighted by atomic mass is 9.98. The zero-order chi connectivity index (χ0) is 18.8. The minimum atomic E-state index is -2.91. The molecule has 1 aliphatic heterocycles. The Balaban J connectivity index is 1.42. The number of hydrogen-bond acceptors (Lipinski definition) is 5. The van der Waals surface area contributed by atoms with Crippen LogP contribution in [0.2, 0.25) is 0 Å². The van der Waals surface area contributed by atoms with Crippen molar-refractivity contribution in [3.63, 3.8) is 0 Å². The maximum atomic E-state index is 12.8. The van der Waals surface area contributed by atoms with Crippen LogP contribution < -0.4 is 10.1 Å². The van der Waals surface area contributed by atoms with Gasteiger partial charge in [0.2, 0.25) is 0 Å². The third-order valence-corrected chi connectivity index (χ3v) is 5.35. The van der Waals surface area contributed by atoms with Crippen LogP contribution in [-0.2, 0) is 0 Å². The number of carbonyl (C=O) groups is 1. The number of rotatable bonds is 5. The van der Waals surface area contributed by atoms with Gasteiger partial charge in [-0.3, -0.25) is 9.78 Å². The number of halogens is 2. The topological polar surface area (TPSA) is 67.3 Å². The highest BCUT2D eigenvalue weighted by Gasteiger charge is 2.44. The Bertz CT molecular complexity index is 805. The maximum Gasteiger partial charge on any atom is 0.387 e. The van der Waals surface area contributed by atoms with Crippen molar-refractivity contribution in [1.29, 1.82) is 0 Å². The van der Waals surface area contributed by atoms with Crippen molar-refractivity contribution >= 4 is 11.7 Å². The standard InChI is InChI=1S/C19H20F2N4O2/c20-19(21)27-14-3-1-2-12(8-14)18(26)25-10-13-4-5-16(15(13)11-25)24-17-9-22-6-7-23-17/h1-3,6-9,13,15-16,19H,4-5,10-11H2,(H,23,24)/t13-,15+,16+/m0/s1. The molecular formula is C19H20F2N4O2. The van der Waals surface area contributed by atoms with Crippen LogP contribution in [0, 0.1) is 11.8 Å². The van der Waals surface area contributed by atoms with Gasteiger partial charge in [-0.15, -0.1) is 0 Å². The van der Waals surface area contributed by atoms with Gasteiger partial charge in [-0.05, 0) is 37.0 Å². The van der Waals surface area contributed by atoms with Crippen LogP contribution in [-0.4, -0.2) is 46.5 Å². The maximum absolute atomic E-state index is 12.8. The molecule has 1 saturated heterocycles. The molecule has 2 heterocycles. The van der Waals surface area contributed by atoms with E-state index < -0.39 is 6.61 Å². The molecule has 0 radical (unpaired) electrons. The van der Waals surface area contributed by atoms with Crippen molar-refractivity contribution in [2.75, 3.05) is 18.4 Å². The summed E-state index contributed by atoms with van der Waals surface area (Å²) in [6.45, 7) is -1.59. The van der Waals surface area contributed by atoms with Crippen LogP contribution in [0.5, 0.6) is 5.75 Å². The van der Waals surface area contributed by atoms with E-state index in [1.54, 1.807) is 35.6 Å². The van der Waals surface area contributed by atoms with E-state index in [4.69, 9.17) is 0 Å². The van der Waals surface area contributed by atoms with Gasteiger partial charge in [0.15, 0.2) is 0 Å². The van der Waals surface area contributed by atoms with E-state index in [9.17, 15) is 13.6 Å². The third-order valence-electron chi connectivity index (χ3n) is 5.35. The molecule has 1 aliphatic carbocycles. The molecule has 2 fully saturated rings. The molecule has 2 aromatic rings. The summed E-state index contributed by atoms with van der Waals surface area (Å²) < 4.78 is 29.2. The molecule has 2 aliphatic rings. The second-order valence-corrected chi connectivity index (χ2v) is 6.96. The van der Waals surface area contributed by atoms with Gasteiger partial charge < -0.3 is 15.0 Å². The third kappa shape index (κ3) is 3.84. The number of alkyl halides is 2. The van der Waals surface area contributed by atoms with E-state index in [-0.39, 0.29) is 17.7 Å². The van der Waals surface area contributed by atoms with E-state index in [2.05, 4.69) is 20.0 Å². The first-order valence-corrected chi connectivity index (χ1v) is 8.97. The Hall–Kier alpha value is -2.77. The summed E-state index contributed by atoms with van der Waals surface area (Å²) in [5.41, 5.74) is 0.367. The fourth-order valence-electron chi connectivity index (χ4n) is 4.16. The number of anilines is 1. The van der Waals surface area contributed by atoms with E-state index >= 15 is 0 Å². The van der Waals surface area contributed by atoms with Gasteiger partial charge in [0.25, 0.3) is 5.91 Å². The first kappa shape index (κ1) is 17.6. The van der Waals surface area contributed by atoms with E-state index in [0.29, 0.717) is 30.5 Å². The average Bonchev–Trinajstić information content (AvgIpc) is 3.24. The highest BCUT2D eigenvalue weighted by atomic mass is 19.3. The second kappa shape index (κ2) is 7.46. The molecule has 3 atom stereocenters. The van der Waals surface area contributed by atoms with Gasteiger partial charge in [0.05, 0.1) is 6.20 Å². The van der Waals surface area contributed by atoms with Crippen molar-refractivity contribution in [3.05, 3.63) is 48.4 Å². The van der Waals surface area contributed by atoms with Crippen LogP contribution in [0.15, 0.2) is 42.9 Å². The minimum absolute atomic E-state index is 0.00237. The molecule has 4 rings (SSSR count). The van der Waals surface area contributed by atoms with Gasteiger partial charge >= 0.3 is 6.61 Å². The summed E-state index contributed by atoms with van der Waals surface area (Å²) in [7, 11) is 0. The van der Waals surface area contributed by atoms with E-state index in [1.807, 2.05) is 0 Å². The van der Waals surface area contributed by atoms with Gasteiger partial charge in [-0.2, -0.15) is 8.78 Å². The smallest absolute Gasteiger partial charge is 0.387 e. The fraction of sp³-hybridized carbons (Fsp3) is 0.421. The summed E-state index contributed by atoms with van der Waals surface area (Å²) in [5.74, 6) is 1.37. The Morgan fingerprint density at radius 1 is 1.26 bits per heavy atom. The van der Waals surface area contributed by atoms with Gasteiger partial charge in [-0.25, -0.2) is 4.98 Å². The number of likely N-dealkylation sites (tertiary alicyclic amines) is 1. The molecule has 1 amide bonds. The van der Waals surface area contributed by atoms with E-state index in [1.165, 1.54) is 12.1 Å². The Morgan fingerprint density at radius 3 is 2.93 bits per heavy atom. The Kier molecular flexibility index (Phi) is 4.87. The van der Waals surface area contributed by atoms with Crippen molar-refractivity contribution in [1.82, 2.24) is 14.9 Å². The van der Waals surface area contributed by atoms with Gasteiger partial charge in [-0.1, -0.05) is 6.07 Å². The Morgan fingerprint density at radius 2 is 2.15 bits per heavy atom. The van der Waals surface area contributed by atoms with E-state index in [0.717, 1.165) is 18.7 Å². The quantitative estimate of drug-likeness (QED) is 0.871. The van der Waals surface area contributed by atoms with Crippen LogP contribution >= 0.6 is 0 Å². The summed E-state index contributed by atoms with van der Waals surface area (Å²) in [5, 5.41) is 3.43. The molecule has 142 valence electrons. The fourth-order valence-corrected chi connectivity index (χ4v) is 4.16. The number of aromatic nitrogens is 2. The van der Waals surface area contributed by atoms with Crippen LogP contribution in [0.4, 0.5) is 14.6 Å². The number of benzene rings is 1. The summed E-state index contributed by atoms with van der Waals surface area (Å²) in [6, 6.07) is 6.23. The van der Waals surface area contributed by atoms with Crippen LogP contribution in [0.3, 0.4) is 0 Å². The summed E-state index contributed by atoms with van der Waals surface area (Å²) in [4.78, 5) is 23.0. The highest BCUT2D eigenvalue weighted by Crippen LogP contribution is 2.39. The first-order chi connectivity index (χ1) is 13.1. The number of fused-ring (bicyclic) bond motifs is 1. The highest BCUT2D eigenvalue weighted by molar-refractivity contribution is 5.94. The monoisotopic (exact) mass is 374 g/mol. The number of carbonyl (C=O) groups excluding carboxylic acids is 1. The molecule has 0 spiro atoms. The van der Waals surface area contributed by atoms with Gasteiger partial charge in [0.1, 0.15) is 11.6 Å². The molecule has 1 aromatic heterocycles. The molecular weight excluding hydrogens is 354 g/mol. The summed E-state index contributed by atoms with van der Waals surface area (Å²) >= 11 is 0. The average molecular weight is 374 g/mol. The number of nitrogens with zero attached hydrogens (tertiary/aromatic N) is 3. The number of hydrogen-bond donors (Lipinski definition) is 1. The summed E-state index contributed by atoms with van der Waals surface area (Å²) in [6.07, 6.45) is 7.05. The van der Waals surface area contributed by atoms with Crippen molar-refractivity contribution in [3.8, 4) is 5.75 Å². The zero-order valence-electron chi connectivity index (χ0n) is 14.6. The number of amides is 1. The van der Waals surface area contributed by atoms with Crippen molar-refractivity contribution < 1.29 is 18.3 Å². The molecule has 1 N–H and O–H groups in total. The first-order valence-electron chi connectivity index (χ1n) is 8.97.